The van der Waals surface area contributed by atoms with E-state index in [4.69, 9.17) is 5.73 Å². The number of nitrogens with zero attached hydrogens (tertiary/aromatic N) is 2. The fraction of sp³-hybridized carbons (Fsp3) is 0.364. The number of piperazine rings is 1. The van der Waals surface area contributed by atoms with Gasteiger partial charge < -0.3 is 10.6 Å². The van der Waals surface area contributed by atoms with Gasteiger partial charge in [-0.3, -0.25) is 14.9 Å². The SMILES string of the molecule is CC1(C)C(=O)NC(=O)CN1c1ccnc(N)c1. The third-order valence-electron chi connectivity index (χ3n) is 2.86. The predicted octanol–water partition coefficient (Wildman–Crippen LogP) is -0.0948. The molecule has 0 unspecified atom stereocenters. The summed E-state index contributed by atoms with van der Waals surface area (Å²) in [5.41, 5.74) is 5.52. The van der Waals surface area contributed by atoms with Gasteiger partial charge in [-0.05, 0) is 19.9 Å². The first kappa shape index (κ1) is 11.4. The monoisotopic (exact) mass is 234 g/mol. The molecule has 1 aromatic heterocycles. The van der Waals surface area contributed by atoms with Crippen molar-refractivity contribution in [3.05, 3.63) is 18.3 Å². The van der Waals surface area contributed by atoms with Crippen molar-refractivity contribution in [3.63, 3.8) is 0 Å². The van der Waals surface area contributed by atoms with Crippen LogP contribution in [0.4, 0.5) is 11.5 Å². The van der Waals surface area contributed by atoms with Gasteiger partial charge in [0.05, 0.1) is 6.54 Å². The number of rotatable bonds is 1. The number of aromatic nitrogens is 1. The molecule has 6 heteroatoms. The molecule has 2 heterocycles. The molecule has 1 fully saturated rings. The van der Waals surface area contributed by atoms with E-state index in [1.54, 1.807) is 37.1 Å². The first-order valence-corrected chi connectivity index (χ1v) is 5.25. The Kier molecular flexibility index (Phi) is 2.49. The van der Waals surface area contributed by atoms with E-state index in [0.717, 1.165) is 0 Å². The van der Waals surface area contributed by atoms with Crippen molar-refractivity contribution >= 4 is 23.3 Å². The van der Waals surface area contributed by atoms with Crippen LogP contribution in [0.25, 0.3) is 0 Å². The molecule has 0 aliphatic carbocycles. The number of carbonyl (C=O) groups excluding carboxylic acids is 2. The molecule has 0 atom stereocenters. The number of hydrogen-bond donors (Lipinski definition) is 2. The first-order valence-electron chi connectivity index (χ1n) is 5.25. The number of hydrogen-bond acceptors (Lipinski definition) is 5. The maximum atomic E-state index is 11.8. The van der Waals surface area contributed by atoms with Crippen molar-refractivity contribution in [1.82, 2.24) is 10.3 Å². The molecule has 0 radical (unpaired) electrons. The van der Waals surface area contributed by atoms with Crippen molar-refractivity contribution in [3.8, 4) is 0 Å². The summed E-state index contributed by atoms with van der Waals surface area (Å²) in [6, 6.07) is 3.37. The van der Waals surface area contributed by atoms with Gasteiger partial charge in [-0.15, -0.1) is 0 Å². The van der Waals surface area contributed by atoms with Gasteiger partial charge in [0, 0.05) is 18.0 Å². The van der Waals surface area contributed by atoms with Crippen LogP contribution in [0.15, 0.2) is 18.3 Å². The van der Waals surface area contributed by atoms with Crippen LogP contribution in [0.2, 0.25) is 0 Å². The summed E-state index contributed by atoms with van der Waals surface area (Å²) in [4.78, 5) is 28.8. The molecule has 1 aromatic rings. The number of pyridine rings is 1. The maximum absolute atomic E-state index is 11.8. The van der Waals surface area contributed by atoms with E-state index in [2.05, 4.69) is 10.3 Å². The van der Waals surface area contributed by atoms with Crippen LogP contribution in [0.1, 0.15) is 13.8 Å². The predicted molar refractivity (Wildman–Crippen MR) is 63.2 cm³/mol. The number of nitrogen functional groups attached to an aromatic ring is 1. The van der Waals surface area contributed by atoms with Crippen molar-refractivity contribution in [1.29, 1.82) is 0 Å². The van der Waals surface area contributed by atoms with Crippen LogP contribution >= 0.6 is 0 Å². The van der Waals surface area contributed by atoms with Gasteiger partial charge in [0.15, 0.2) is 0 Å². The highest BCUT2D eigenvalue weighted by atomic mass is 16.2. The minimum atomic E-state index is -0.790. The smallest absolute Gasteiger partial charge is 0.251 e. The standard InChI is InChI=1S/C11H14N4O2/c1-11(2)10(17)14-9(16)6-15(11)7-3-4-13-8(12)5-7/h3-5H,6H2,1-2H3,(H2,12,13)(H,14,16,17). The number of amides is 2. The molecule has 3 N–H and O–H groups in total. The number of anilines is 2. The molecule has 1 saturated heterocycles. The van der Waals surface area contributed by atoms with Crippen molar-refractivity contribution in [2.24, 2.45) is 0 Å². The Morgan fingerprint density at radius 2 is 2.18 bits per heavy atom. The fourth-order valence-corrected chi connectivity index (χ4v) is 1.80. The zero-order valence-electron chi connectivity index (χ0n) is 9.73. The highest BCUT2D eigenvalue weighted by Gasteiger charge is 2.40. The van der Waals surface area contributed by atoms with Crippen LogP contribution < -0.4 is 16.0 Å². The van der Waals surface area contributed by atoms with Crippen molar-refractivity contribution in [2.45, 2.75) is 19.4 Å². The summed E-state index contributed by atoms with van der Waals surface area (Å²) in [6.07, 6.45) is 1.55. The van der Waals surface area contributed by atoms with E-state index in [1.165, 1.54) is 0 Å². The second-order valence-electron chi connectivity index (χ2n) is 4.46. The summed E-state index contributed by atoms with van der Waals surface area (Å²) in [5, 5.41) is 2.32. The van der Waals surface area contributed by atoms with Gasteiger partial charge in [-0.2, -0.15) is 0 Å². The average Bonchev–Trinajstić information content (AvgIpc) is 2.24. The molecule has 0 aromatic carbocycles. The molecular formula is C11H14N4O2. The number of nitrogens with two attached hydrogens (primary N) is 1. The number of nitrogens with one attached hydrogen (secondary N) is 1. The fourth-order valence-electron chi connectivity index (χ4n) is 1.80. The lowest BCUT2D eigenvalue weighted by molar-refractivity contribution is -0.135. The van der Waals surface area contributed by atoms with Gasteiger partial charge in [0.2, 0.25) is 5.91 Å². The topological polar surface area (TPSA) is 88.3 Å². The van der Waals surface area contributed by atoms with Crippen molar-refractivity contribution in [2.75, 3.05) is 17.2 Å². The Balaban J connectivity index is 2.42. The molecule has 90 valence electrons. The minimum Gasteiger partial charge on any atom is -0.384 e. The summed E-state index contributed by atoms with van der Waals surface area (Å²) >= 11 is 0. The highest BCUT2D eigenvalue weighted by molar-refractivity contribution is 6.06. The van der Waals surface area contributed by atoms with E-state index >= 15 is 0 Å². The van der Waals surface area contributed by atoms with E-state index in [0.29, 0.717) is 11.5 Å². The molecule has 1 aliphatic rings. The van der Waals surface area contributed by atoms with Crippen LogP contribution in [0.3, 0.4) is 0 Å². The van der Waals surface area contributed by atoms with Gasteiger partial charge in [0.1, 0.15) is 11.4 Å². The lowest BCUT2D eigenvalue weighted by atomic mass is 9.98. The van der Waals surface area contributed by atoms with E-state index in [1.807, 2.05) is 0 Å². The Morgan fingerprint density at radius 1 is 1.47 bits per heavy atom. The molecule has 2 rings (SSSR count). The highest BCUT2D eigenvalue weighted by Crippen LogP contribution is 2.26. The Bertz CT molecular complexity index is 484. The zero-order chi connectivity index (χ0) is 12.6. The second kappa shape index (κ2) is 3.73. The Morgan fingerprint density at radius 3 is 2.82 bits per heavy atom. The maximum Gasteiger partial charge on any atom is 0.251 e. The summed E-state index contributed by atoms with van der Waals surface area (Å²) in [6.45, 7) is 3.64. The summed E-state index contributed by atoms with van der Waals surface area (Å²) < 4.78 is 0. The van der Waals surface area contributed by atoms with Crippen LogP contribution in [0, 0.1) is 0 Å². The molecule has 17 heavy (non-hydrogen) atoms. The summed E-state index contributed by atoms with van der Waals surface area (Å²) in [7, 11) is 0. The van der Waals surface area contributed by atoms with Gasteiger partial charge in [0.25, 0.3) is 5.91 Å². The zero-order valence-corrected chi connectivity index (χ0v) is 9.73. The summed E-state index contributed by atoms with van der Waals surface area (Å²) in [5.74, 6) is -0.273. The first-order chi connectivity index (χ1) is 7.91. The van der Waals surface area contributed by atoms with Crippen LogP contribution in [-0.4, -0.2) is 28.9 Å². The average molecular weight is 234 g/mol. The van der Waals surface area contributed by atoms with E-state index in [9.17, 15) is 9.59 Å². The molecule has 1 aliphatic heterocycles. The third-order valence-corrected chi connectivity index (χ3v) is 2.86. The molecule has 0 spiro atoms. The van der Waals surface area contributed by atoms with E-state index < -0.39 is 5.54 Å². The van der Waals surface area contributed by atoms with E-state index in [-0.39, 0.29) is 18.4 Å². The molecule has 0 saturated carbocycles. The lowest BCUT2D eigenvalue weighted by Gasteiger charge is -2.41. The minimum absolute atomic E-state index is 0.127. The van der Waals surface area contributed by atoms with Gasteiger partial charge in [-0.1, -0.05) is 0 Å². The number of imide groups is 1. The lowest BCUT2D eigenvalue weighted by Crippen LogP contribution is -2.64. The third kappa shape index (κ3) is 1.93. The Hall–Kier alpha value is -2.11. The molecule has 0 bridgehead atoms. The van der Waals surface area contributed by atoms with Gasteiger partial charge >= 0.3 is 0 Å². The Labute approximate surface area is 98.8 Å². The van der Waals surface area contributed by atoms with Crippen molar-refractivity contribution < 1.29 is 9.59 Å². The molecule has 6 nitrogen and oxygen atoms in total. The van der Waals surface area contributed by atoms with Crippen LogP contribution in [0.5, 0.6) is 0 Å². The largest absolute Gasteiger partial charge is 0.384 e. The molecular weight excluding hydrogens is 220 g/mol. The quantitative estimate of drug-likeness (QED) is 0.663. The second-order valence-corrected chi connectivity index (χ2v) is 4.46. The molecule has 2 amide bonds. The van der Waals surface area contributed by atoms with Gasteiger partial charge in [-0.25, -0.2) is 4.98 Å². The van der Waals surface area contributed by atoms with Crippen LogP contribution in [-0.2, 0) is 9.59 Å². The number of carbonyl (C=O) groups is 2. The normalized spacial score (nSPS) is 19.1.